The quantitative estimate of drug-likeness (QED) is 0.135. The summed E-state index contributed by atoms with van der Waals surface area (Å²) < 4.78 is 97.9. The van der Waals surface area contributed by atoms with E-state index in [9.17, 15) is 45.7 Å². The van der Waals surface area contributed by atoms with Gasteiger partial charge in [-0.25, -0.2) is 19.4 Å². The van der Waals surface area contributed by atoms with Gasteiger partial charge in [-0.2, -0.15) is 31.0 Å². The molecule has 0 saturated carbocycles. The average molecular weight is 658 g/mol. The van der Waals surface area contributed by atoms with Crippen molar-refractivity contribution in [1.29, 1.82) is 0 Å². The number of pyridine rings is 1. The number of aromatic nitrogens is 7. The number of hydrogen-bond donors (Lipinski definition) is 3. The summed E-state index contributed by atoms with van der Waals surface area (Å²) in [6.45, 7) is -2.30. The van der Waals surface area contributed by atoms with Crippen molar-refractivity contribution in [3.05, 3.63) is 75.3 Å². The van der Waals surface area contributed by atoms with Gasteiger partial charge in [-0.15, -0.1) is 10.2 Å². The van der Waals surface area contributed by atoms with Crippen molar-refractivity contribution in [3.63, 3.8) is 0 Å². The number of alkyl halides is 6. The molecule has 0 aliphatic rings. The largest absolute Gasteiger partial charge is 0.756 e. The molecule has 0 amide bonds. The third-order valence-electron chi connectivity index (χ3n) is 5.52. The smallest absolute Gasteiger partial charge is 0.420 e. The van der Waals surface area contributed by atoms with Crippen molar-refractivity contribution in [2.45, 2.75) is 37.8 Å². The Morgan fingerprint density at radius 3 is 2.33 bits per heavy atom. The van der Waals surface area contributed by atoms with Gasteiger partial charge in [0.1, 0.15) is 12.1 Å². The Bertz CT molecular complexity index is 1720. The van der Waals surface area contributed by atoms with Crippen LogP contribution in [0.5, 0.6) is 0 Å². The lowest BCUT2D eigenvalue weighted by molar-refractivity contribution is -0.255. The van der Waals surface area contributed by atoms with Crippen LogP contribution in [0.4, 0.5) is 26.3 Å². The van der Waals surface area contributed by atoms with Crippen LogP contribution in [0.1, 0.15) is 23.4 Å². The highest BCUT2D eigenvalue weighted by Gasteiger charge is 2.44. The van der Waals surface area contributed by atoms with Gasteiger partial charge in [0.25, 0.3) is 7.82 Å². The molecule has 4 rings (SSSR count). The van der Waals surface area contributed by atoms with E-state index in [4.69, 9.17) is 22.2 Å². The van der Waals surface area contributed by atoms with E-state index in [0.717, 1.165) is 12.3 Å². The average Bonchev–Trinajstić information content (AvgIpc) is 3.44. The van der Waals surface area contributed by atoms with Gasteiger partial charge in [0, 0.05) is 16.8 Å². The van der Waals surface area contributed by atoms with Crippen LogP contribution in [-0.2, 0) is 28.4 Å². The summed E-state index contributed by atoms with van der Waals surface area (Å²) >= 11 is 5.85. The molecule has 14 nitrogen and oxygen atoms in total. The SMILES string of the molecule is NC(O)c1nc(Cn2nc(-c3ccc(Cl)cc3)n(C[C@H](OP(=O)([O-])O)C(F)(F)F)c2=O)nn1-c1ncccc1C(F)(F)F. The Kier molecular flexibility index (Phi) is 8.85. The molecule has 0 bridgehead atoms. The van der Waals surface area contributed by atoms with E-state index in [1.165, 1.54) is 24.3 Å². The van der Waals surface area contributed by atoms with Crippen LogP contribution in [0, 0.1) is 0 Å². The van der Waals surface area contributed by atoms with Crippen LogP contribution in [0.2, 0.25) is 5.02 Å². The van der Waals surface area contributed by atoms with Gasteiger partial charge in [-0.3, -0.25) is 14.9 Å². The molecular formula is C21H17ClF6N8O6P-. The van der Waals surface area contributed by atoms with Gasteiger partial charge >= 0.3 is 18.0 Å². The van der Waals surface area contributed by atoms with Crippen molar-refractivity contribution in [3.8, 4) is 17.2 Å². The van der Waals surface area contributed by atoms with Crippen LogP contribution < -0.4 is 16.3 Å². The van der Waals surface area contributed by atoms with E-state index in [-0.39, 0.29) is 10.6 Å². The second kappa shape index (κ2) is 11.8. The summed E-state index contributed by atoms with van der Waals surface area (Å²) in [5, 5.41) is 18.0. The zero-order valence-electron chi connectivity index (χ0n) is 20.9. The van der Waals surface area contributed by atoms with E-state index >= 15 is 0 Å². The highest BCUT2D eigenvalue weighted by Crippen LogP contribution is 2.39. The molecule has 3 aromatic heterocycles. The third-order valence-corrected chi connectivity index (χ3v) is 6.30. The molecule has 0 radical (unpaired) electrons. The van der Waals surface area contributed by atoms with Crippen LogP contribution in [0.3, 0.4) is 0 Å². The summed E-state index contributed by atoms with van der Waals surface area (Å²) in [5.41, 5.74) is 2.88. The molecule has 3 heterocycles. The maximum Gasteiger partial charge on any atom is 0.420 e. The summed E-state index contributed by atoms with van der Waals surface area (Å²) in [5.74, 6) is -2.40. The Morgan fingerprint density at radius 1 is 1.12 bits per heavy atom. The van der Waals surface area contributed by atoms with Crippen molar-refractivity contribution in [1.82, 2.24) is 34.1 Å². The second-order valence-corrected chi connectivity index (χ2v) is 10.2. The van der Waals surface area contributed by atoms with E-state index in [2.05, 4.69) is 24.7 Å². The van der Waals surface area contributed by atoms with Crippen LogP contribution in [-0.4, -0.2) is 56.4 Å². The standard InChI is InChI=1S/C21H18ClF6N8O6P/c22-11-5-3-10(4-6-11)16-33-35(19(38)34(16)8-13(21(26,27)28)42-43(39,40)41)9-14-31-18(15(29)37)36(32-14)17-12(20(23,24)25)2-1-7-30-17/h1-7,13,15,37H,8-9,29H2,(H2,39,40,41)/p-1/t13-,15?/m0/s1. The zero-order valence-corrected chi connectivity index (χ0v) is 22.6. The molecule has 0 fully saturated rings. The first-order chi connectivity index (χ1) is 19.8. The highest BCUT2D eigenvalue weighted by atomic mass is 35.5. The second-order valence-electron chi connectivity index (χ2n) is 8.60. The molecule has 4 aromatic rings. The minimum absolute atomic E-state index is 0.0235. The van der Waals surface area contributed by atoms with Crippen molar-refractivity contribution in [2.24, 2.45) is 5.73 Å². The summed E-state index contributed by atoms with van der Waals surface area (Å²) in [7, 11) is -5.94. The first-order valence-electron chi connectivity index (χ1n) is 11.5. The molecule has 2 unspecified atom stereocenters. The number of phosphoric acid groups is 1. The van der Waals surface area contributed by atoms with Gasteiger partial charge in [-0.1, -0.05) is 11.6 Å². The molecule has 4 N–H and O–H groups in total. The maximum absolute atomic E-state index is 13.6. The summed E-state index contributed by atoms with van der Waals surface area (Å²) in [4.78, 5) is 40.7. The molecule has 0 spiro atoms. The number of nitrogens with zero attached hydrogens (tertiary/aromatic N) is 7. The van der Waals surface area contributed by atoms with Gasteiger partial charge in [-0.05, 0) is 36.4 Å². The maximum atomic E-state index is 13.6. The Labute approximate surface area is 240 Å². The van der Waals surface area contributed by atoms with Gasteiger partial charge < -0.3 is 19.4 Å². The number of phosphoric ester groups is 1. The number of hydrogen-bond acceptors (Lipinski definition) is 10. The molecule has 43 heavy (non-hydrogen) atoms. The number of rotatable bonds is 9. The highest BCUT2D eigenvalue weighted by molar-refractivity contribution is 7.44. The lowest BCUT2D eigenvalue weighted by atomic mass is 10.2. The first-order valence-corrected chi connectivity index (χ1v) is 13.4. The van der Waals surface area contributed by atoms with Crippen LogP contribution >= 0.6 is 19.4 Å². The van der Waals surface area contributed by atoms with Crippen molar-refractivity contribution >= 4 is 19.4 Å². The fraction of sp³-hybridized carbons (Fsp3) is 0.286. The minimum Gasteiger partial charge on any atom is -0.756 e. The van der Waals surface area contributed by atoms with Crippen LogP contribution in [0.25, 0.3) is 17.2 Å². The fourth-order valence-corrected chi connectivity index (χ4v) is 4.38. The lowest BCUT2D eigenvalue weighted by Gasteiger charge is -2.26. The molecule has 232 valence electrons. The van der Waals surface area contributed by atoms with E-state index in [0.29, 0.717) is 20.0 Å². The van der Waals surface area contributed by atoms with E-state index in [1.807, 2.05) is 0 Å². The van der Waals surface area contributed by atoms with Gasteiger partial charge in [0.2, 0.25) is 0 Å². The number of halogens is 7. The van der Waals surface area contributed by atoms with E-state index < -0.39 is 80.1 Å². The van der Waals surface area contributed by atoms with Gasteiger partial charge in [0.15, 0.2) is 35.6 Å². The Hall–Kier alpha value is -3.65. The molecule has 22 heteroatoms. The molecule has 1 aromatic carbocycles. The fourth-order valence-electron chi connectivity index (χ4n) is 3.75. The third kappa shape index (κ3) is 7.47. The van der Waals surface area contributed by atoms with Gasteiger partial charge in [0.05, 0.1) is 6.54 Å². The topological polar surface area (TPSA) is 199 Å². The number of benzene rings is 1. The predicted molar refractivity (Wildman–Crippen MR) is 130 cm³/mol. The number of aliphatic hydroxyl groups excluding tert-OH is 1. The minimum atomic E-state index is -5.94. The lowest BCUT2D eigenvalue weighted by Crippen LogP contribution is -2.39. The molecular weight excluding hydrogens is 641 g/mol. The molecule has 0 saturated heterocycles. The molecule has 3 atom stereocenters. The number of nitrogens with two attached hydrogens (primary N) is 1. The summed E-state index contributed by atoms with van der Waals surface area (Å²) in [6.07, 6.45) is -14.5. The predicted octanol–water partition coefficient (Wildman–Crippen LogP) is 1.77. The first kappa shape index (κ1) is 32.3. The molecule has 0 aliphatic carbocycles. The molecule has 0 aliphatic heterocycles. The zero-order chi connectivity index (χ0) is 31.9. The van der Waals surface area contributed by atoms with E-state index in [1.54, 1.807) is 0 Å². The van der Waals surface area contributed by atoms with Crippen LogP contribution in [0.15, 0.2) is 47.4 Å². The Balaban J connectivity index is 1.83. The summed E-state index contributed by atoms with van der Waals surface area (Å²) in [6, 6.07) is 6.83. The van der Waals surface area contributed by atoms with Crippen molar-refractivity contribution in [2.75, 3.05) is 0 Å². The monoisotopic (exact) mass is 657 g/mol. The number of aliphatic hydroxyl groups is 1. The Morgan fingerprint density at radius 2 is 1.77 bits per heavy atom. The van der Waals surface area contributed by atoms with Crippen molar-refractivity contribution < 1.29 is 50.3 Å². The normalized spacial score (nSPS) is 15.3.